The summed E-state index contributed by atoms with van der Waals surface area (Å²) < 4.78 is 25.6. The van der Waals surface area contributed by atoms with E-state index in [1.54, 1.807) is 31.2 Å². The number of aryl methyl sites for hydroxylation is 1. The number of rotatable bonds is 7. The molecule has 0 radical (unpaired) electrons. The lowest BCUT2D eigenvalue weighted by atomic mass is 10.1. The van der Waals surface area contributed by atoms with Crippen LogP contribution < -0.4 is 14.8 Å². The molecule has 0 spiro atoms. The number of ether oxygens (including phenoxy) is 2. The zero-order valence-corrected chi connectivity index (χ0v) is 17.7. The van der Waals surface area contributed by atoms with Crippen molar-refractivity contribution < 1.29 is 18.7 Å². The maximum atomic E-state index is 14.6. The van der Waals surface area contributed by atoms with Crippen LogP contribution in [0.1, 0.15) is 27.8 Å². The highest BCUT2D eigenvalue weighted by Gasteiger charge is 2.21. The number of methoxy groups -OCH3 is 1. The van der Waals surface area contributed by atoms with E-state index >= 15 is 0 Å². The molecule has 3 aromatic rings. The number of amides is 1. The predicted octanol–water partition coefficient (Wildman–Crippen LogP) is 5.33. The van der Waals surface area contributed by atoms with E-state index in [1.165, 1.54) is 31.5 Å². The molecule has 0 aliphatic rings. The summed E-state index contributed by atoms with van der Waals surface area (Å²) in [6, 6.07) is 11.4. The Balaban J connectivity index is 1.77. The van der Waals surface area contributed by atoms with E-state index in [4.69, 9.17) is 32.7 Å². The van der Waals surface area contributed by atoms with Crippen LogP contribution >= 0.6 is 23.2 Å². The van der Waals surface area contributed by atoms with Gasteiger partial charge < -0.3 is 14.8 Å². The first-order chi connectivity index (χ1) is 14.4. The maximum Gasteiger partial charge on any atom is 0.257 e. The molecule has 9 heteroatoms. The summed E-state index contributed by atoms with van der Waals surface area (Å²) in [5, 5.41) is 10.9. The molecule has 6 nitrogen and oxygen atoms in total. The highest BCUT2D eigenvalue weighted by molar-refractivity contribution is 6.35. The van der Waals surface area contributed by atoms with Gasteiger partial charge in [-0.05, 0) is 31.2 Å². The molecule has 2 aromatic carbocycles. The van der Waals surface area contributed by atoms with Crippen LogP contribution in [0.3, 0.4) is 0 Å². The number of benzene rings is 2. The van der Waals surface area contributed by atoms with E-state index in [-0.39, 0.29) is 28.4 Å². The molecule has 30 heavy (non-hydrogen) atoms. The van der Waals surface area contributed by atoms with Gasteiger partial charge in [0, 0.05) is 21.7 Å². The Morgan fingerprint density at radius 2 is 1.97 bits per heavy atom. The lowest BCUT2D eigenvalue weighted by Gasteiger charge is -2.15. The van der Waals surface area contributed by atoms with E-state index in [2.05, 4.69) is 15.5 Å². The third kappa shape index (κ3) is 5.17. The predicted molar refractivity (Wildman–Crippen MR) is 112 cm³/mol. The number of nitrogens with one attached hydrogen (secondary N) is 1. The SMILES string of the molecule is COc1cccc(Oc2cnnc(C)c2C(=O)NCC(F)c2ccc(Cl)cc2Cl)c1. The molecule has 3 rings (SSSR count). The molecule has 1 amide bonds. The van der Waals surface area contributed by atoms with Gasteiger partial charge in [-0.3, -0.25) is 4.79 Å². The monoisotopic (exact) mass is 449 g/mol. The Labute approximate surface area is 182 Å². The number of hydrogen-bond acceptors (Lipinski definition) is 5. The lowest BCUT2D eigenvalue weighted by molar-refractivity contribution is 0.0938. The summed E-state index contributed by atoms with van der Waals surface area (Å²) in [5.74, 6) is 0.686. The van der Waals surface area contributed by atoms with E-state index in [0.29, 0.717) is 22.2 Å². The van der Waals surface area contributed by atoms with Crippen LogP contribution in [-0.2, 0) is 0 Å². The standard InChI is InChI=1S/C21H18Cl2FN3O3/c1-12-20(19(11-26-27-12)30-15-5-3-4-14(9-15)29-2)21(28)25-10-18(24)16-7-6-13(22)8-17(16)23/h3-9,11,18H,10H2,1-2H3,(H,25,28). The first-order valence-corrected chi connectivity index (χ1v) is 9.66. The number of alkyl halides is 1. The van der Waals surface area contributed by atoms with E-state index in [9.17, 15) is 9.18 Å². The lowest BCUT2D eigenvalue weighted by Crippen LogP contribution is -2.28. The average Bonchev–Trinajstić information content (AvgIpc) is 2.72. The van der Waals surface area contributed by atoms with Crippen LogP contribution in [0, 0.1) is 6.92 Å². The Kier molecular flexibility index (Phi) is 7.07. The summed E-state index contributed by atoms with van der Waals surface area (Å²) in [4.78, 5) is 12.8. The molecule has 1 atom stereocenters. The Hall–Kier alpha value is -2.90. The topological polar surface area (TPSA) is 73.3 Å². The second-order valence-corrected chi connectivity index (χ2v) is 7.14. The summed E-state index contributed by atoms with van der Waals surface area (Å²) in [6.45, 7) is 1.32. The second-order valence-electron chi connectivity index (χ2n) is 6.29. The van der Waals surface area contributed by atoms with Crippen LogP contribution in [0.25, 0.3) is 0 Å². The van der Waals surface area contributed by atoms with Crippen LogP contribution in [0.5, 0.6) is 17.2 Å². The molecule has 1 unspecified atom stereocenters. The normalized spacial score (nSPS) is 11.6. The van der Waals surface area contributed by atoms with Crippen molar-refractivity contribution in [1.82, 2.24) is 15.5 Å². The molecule has 0 bridgehead atoms. The molecule has 0 aliphatic carbocycles. The van der Waals surface area contributed by atoms with Gasteiger partial charge in [0.1, 0.15) is 23.2 Å². The smallest absolute Gasteiger partial charge is 0.257 e. The van der Waals surface area contributed by atoms with Gasteiger partial charge in [0.05, 0.1) is 25.5 Å². The van der Waals surface area contributed by atoms with Gasteiger partial charge in [0.15, 0.2) is 5.75 Å². The van der Waals surface area contributed by atoms with Crippen molar-refractivity contribution >= 4 is 29.1 Å². The van der Waals surface area contributed by atoms with Crippen LogP contribution in [0.4, 0.5) is 4.39 Å². The second kappa shape index (κ2) is 9.73. The summed E-state index contributed by atoms with van der Waals surface area (Å²) >= 11 is 11.9. The van der Waals surface area contributed by atoms with Crippen molar-refractivity contribution in [2.45, 2.75) is 13.1 Å². The van der Waals surface area contributed by atoms with Crippen molar-refractivity contribution in [2.75, 3.05) is 13.7 Å². The zero-order valence-electron chi connectivity index (χ0n) is 16.2. The zero-order chi connectivity index (χ0) is 21.7. The number of halogens is 3. The molecule has 1 N–H and O–H groups in total. The molecule has 0 saturated heterocycles. The largest absolute Gasteiger partial charge is 0.497 e. The number of carbonyl (C=O) groups is 1. The Morgan fingerprint density at radius 3 is 2.70 bits per heavy atom. The molecule has 1 aromatic heterocycles. The third-order valence-electron chi connectivity index (χ3n) is 4.23. The molecule has 0 fully saturated rings. The average molecular weight is 450 g/mol. The summed E-state index contributed by atoms with van der Waals surface area (Å²) in [6.07, 6.45) is -0.193. The number of aromatic nitrogens is 2. The minimum absolute atomic E-state index is 0.155. The fourth-order valence-corrected chi connectivity index (χ4v) is 3.27. The van der Waals surface area contributed by atoms with Crippen LogP contribution in [0.2, 0.25) is 10.0 Å². The van der Waals surface area contributed by atoms with E-state index < -0.39 is 12.1 Å². The van der Waals surface area contributed by atoms with E-state index in [0.717, 1.165) is 0 Å². The Bertz CT molecular complexity index is 1070. The first-order valence-electron chi connectivity index (χ1n) is 8.90. The molecular formula is C21H18Cl2FN3O3. The minimum Gasteiger partial charge on any atom is -0.497 e. The minimum atomic E-state index is -1.52. The van der Waals surface area contributed by atoms with Gasteiger partial charge in [0.25, 0.3) is 5.91 Å². The van der Waals surface area contributed by atoms with Gasteiger partial charge in [0.2, 0.25) is 0 Å². The van der Waals surface area contributed by atoms with Gasteiger partial charge in [-0.1, -0.05) is 35.3 Å². The van der Waals surface area contributed by atoms with Crippen molar-refractivity contribution in [3.63, 3.8) is 0 Å². The van der Waals surface area contributed by atoms with Crippen molar-refractivity contribution in [1.29, 1.82) is 0 Å². The van der Waals surface area contributed by atoms with Gasteiger partial charge in [-0.2, -0.15) is 10.2 Å². The fourth-order valence-electron chi connectivity index (χ4n) is 2.74. The quantitative estimate of drug-likeness (QED) is 0.527. The number of hydrogen-bond donors (Lipinski definition) is 1. The highest BCUT2D eigenvalue weighted by Crippen LogP contribution is 2.30. The third-order valence-corrected chi connectivity index (χ3v) is 4.79. The molecule has 0 aliphatic heterocycles. The van der Waals surface area contributed by atoms with E-state index in [1.807, 2.05) is 0 Å². The van der Waals surface area contributed by atoms with Crippen LogP contribution in [-0.4, -0.2) is 29.8 Å². The summed E-state index contributed by atoms with van der Waals surface area (Å²) in [7, 11) is 1.54. The maximum absolute atomic E-state index is 14.6. The molecule has 156 valence electrons. The van der Waals surface area contributed by atoms with Gasteiger partial charge in [-0.15, -0.1) is 0 Å². The van der Waals surface area contributed by atoms with Crippen molar-refractivity contribution in [3.8, 4) is 17.2 Å². The van der Waals surface area contributed by atoms with Crippen molar-refractivity contribution in [2.24, 2.45) is 0 Å². The first kappa shape index (κ1) is 21.8. The number of nitrogens with zero attached hydrogens (tertiary/aromatic N) is 2. The van der Waals surface area contributed by atoms with Crippen LogP contribution in [0.15, 0.2) is 48.7 Å². The number of carbonyl (C=O) groups excluding carboxylic acids is 1. The molecular weight excluding hydrogens is 432 g/mol. The highest BCUT2D eigenvalue weighted by atomic mass is 35.5. The summed E-state index contributed by atoms with van der Waals surface area (Å²) in [5.41, 5.74) is 0.730. The van der Waals surface area contributed by atoms with Gasteiger partial charge in [-0.25, -0.2) is 4.39 Å². The molecule has 0 saturated carbocycles. The Morgan fingerprint density at radius 1 is 1.20 bits per heavy atom. The van der Waals surface area contributed by atoms with Gasteiger partial charge >= 0.3 is 0 Å². The fraction of sp³-hybridized carbons (Fsp3) is 0.190. The molecule has 1 heterocycles. The van der Waals surface area contributed by atoms with Crippen molar-refractivity contribution in [3.05, 3.63) is 75.5 Å².